The highest BCUT2D eigenvalue weighted by Gasteiger charge is 2.18. The Morgan fingerprint density at radius 3 is 2.30 bits per heavy atom. The van der Waals surface area contributed by atoms with Crippen LogP contribution in [0.5, 0.6) is 17.2 Å². The minimum absolute atomic E-state index is 0.0707. The van der Waals surface area contributed by atoms with Gasteiger partial charge in [0, 0.05) is 12.1 Å². The first kappa shape index (κ1) is 23.0. The molecule has 0 saturated heterocycles. The Labute approximate surface area is 176 Å². The summed E-state index contributed by atoms with van der Waals surface area (Å²) in [5.41, 5.74) is 2.93. The van der Waals surface area contributed by atoms with Crippen molar-refractivity contribution in [3.63, 3.8) is 0 Å². The summed E-state index contributed by atoms with van der Waals surface area (Å²) < 4.78 is 16.0. The summed E-state index contributed by atoms with van der Waals surface area (Å²) in [5, 5.41) is 13.9. The van der Waals surface area contributed by atoms with Gasteiger partial charge in [0.2, 0.25) is 5.75 Å². The molecule has 162 valence electrons. The monoisotopic (exact) mass is 416 g/mol. The Morgan fingerprint density at radius 2 is 1.73 bits per heavy atom. The van der Waals surface area contributed by atoms with Gasteiger partial charge in [-0.3, -0.25) is 14.9 Å². The van der Waals surface area contributed by atoms with E-state index in [-0.39, 0.29) is 35.9 Å². The molecule has 0 radical (unpaired) electrons. The van der Waals surface area contributed by atoms with Crippen molar-refractivity contribution in [1.29, 1.82) is 0 Å². The number of nitrogens with one attached hydrogen (secondary N) is 1. The number of carbonyl (C=O) groups is 1. The first-order valence-corrected chi connectivity index (χ1v) is 9.60. The summed E-state index contributed by atoms with van der Waals surface area (Å²) in [7, 11) is 2.99. The molecule has 1 N–H and O–H groups in total. The van der Waals surface area contributed by atoms with Gasteiger partial charge in [-0.25, -0.2) is 0 Å². The second-order valence-electron chi connectivity index (χ2n) is 7.27. The molecule has 0 heterocycles. The maximum absolute atomic E-state index is 12.4. The average molecular weight is 416 g/mol. The molecular formula is C22H28N2O6. The lowest BCUT2D eigenvalue weighted by atomic mass is 9.93. The fraction of sp³-hybridized carbons (Fsp3) is 0.409. The summed E-state index contributed by atoms with van der Waals surface area (Å²) in [6.07, 6.45) is 0. The summed E-state index contributed by atoms with van der Waals surface area (Å²) in [6.45, 7) is 7.84. The molecule has 0 aliphatic heterocycles. The topological polar surface area (TPSA) is 99.9 Å². The number of hydrogen-bond acceptors (Lipinski definition) is 6. The molecule has 0 saturated carbocycles. The minimum atomic E-state index is -0.542. The zero-order valence-corrected chi connectivity index (χ0v) is 18.1. The molecule has 2 aromatic rings. The number of carbonyl (C=O) groups excluding carboxylic acids is 1. The number of nitro groups is 1. The lowest BCUT2D eigenvalue weighted by molar-refractivity contribution is -0.385. The second-order valence-corrected chi connectivity index (χ2v) is 7.27. The van der Waals surface area contributed by atoms with Crippen LogP contribution in [0.2, 0.25) is 0 Å². The predicted molar refractivity (Wildman–Crippen MR) is 114 cm³/mol. The quantitative estimate of drug-likeness (QED) is 0.483. The molecule has 0 fully saturated rings. The Bertz CT molecular complexity index is 926. The van der Waals surface area contributed by atoms with Crippen LogP contribution < -0.4 is 19.5 Å². The number of hydrogen-bond donors (Lipinski definition) is 1. The van der Waals surface area contributed by atoms with E-state index in [1.807, 2.05) is 19.9 Å². The average Bonchev–Trinajstić information content (AvgIpc) is 2.71. The van der Waals surface area contributed by atoms with Gasteiger partial charge in [0.15, 0.2) is 6.61 Å². The van der Waals surface area contributed by atoms with Crippen LogP contribution in [-0.2, 0) is 4.79 Å². The third-order valence-electron chi connectivity index (χ3n) is 4.80. The van der Waals surface area contributed by atoms with Gasteiger partial charge in [-0.1, -0.05) is 13.8 Å². The summed E-state index contributed by atoms with van der Waals surface area (Å²) >= 11 is 0. The molecule has 0 unspecified atom stereocenters. The van der Waals surface area contributed by atoms with Crippen molar-refractivity contribution in [2.75, 3.05) is 20.8 Å². The minimum Gasteiger partial charge on any atom is -0.496 e. The molecule has 0 aromatic heterocycles. The van der Waals surface area contributed by atoms with Crippen molar-refractivity contribution >= 4 is 11.6 Å². The third-order valence-corrected chi connectivity index (χ3v) is 4.80. The van der Waals surface area contributed by atoms with Crippen molar-refractivity contribution in [2.45, 2.75) is 39.7 Å². The van der Waals surface area contributed by atoms with Crippen LogP contribution in [0, 0.1) is 17.0 Å². The molecule has 0 aliphatic carbocycles. The van der Waals surface area contributed by atoms with Crippen LogP contribution in [-0.4, -0.2) is 31.7 Å². The zero-order chi connectivity index (χ0) is 22.4. The van der Waals surface area contributed by atoms with E-state index in [9.17, 15) is 14.9 Å². The van der Waals surface area contributed by atoms with Crippen molar-refractivity contribution in [2.24, 2.45) is 0 Å². The van der Waals surface area contributed by atoms with Gasteiger partial charge in [-0.2, -0.15) is 0 Å². The molecule has 2 rings (SSSR count). The van der Waals surface area contributed by atoms with Gasteiger partial charge in [0.05, 0.1) is 25.2 Å². The van der Waals surface area contributed by atoms with E-state index in [1.54, 1.807) is 7.11 Å². The second kappa shape index (κ2) is 9.96. The first-order chi connectivity index (χ1) is 14.2. The van der Waals surface area contributed by atoms with Crippen molar-refractivity contribution in [1.82, 2.24) is 5.32 Å². The highest BCUT2D eigenvalue weighted by Crippen LogP contribution is 2.32. The van der Waals surface area contributed by atoms with E-state index in [0.717, 1.165) is 22.4 Å². The Kier molecular flexibility index (Phi) is 7.63. The van der Waals surface area contributed by atoms with Gasteiger partial charge < -0.3 is 19.5 Å². The van der Waals surface area contributed by atoms with Crippen LogP contribution in [0.3, 0.4) is 0 Å². The Balaban J connectivity index is 2.06. The van der Waals surface area contributed by atoms with E-state index in [2.05, 4.69) is 25.2 Å². The van der Waals surface area contributed by atoms with Crippen LogP contribution >= 0.6 is 0 Å². The van der Waals surface area contributed by atoms with Crippen LogP contribution in [0.25, 0.3) is 0 Å². The van der Waals surface area contributed by atoms with Gasteiger partial charge in [0.1, 0.15) is 11.5 Å². The molecule has 8 nitrogen and oxygen atoms in total. The number of benzene rings is 2. The predicted octanol–water partition coefficient (Wildman–Crippen LogP) is 4.30. The Hall–Kier alpha value is -3.29. The van der Waals surface area contributed by atoms with Crippen molar-refractivity contribution < 1.29 is 23.9 Å². The number of amides is 1. The summed E-state index contributed by atoms with van der Waals surface area (Å²) in [5.74, 6) is 1.19. The number of methoxy groups -OCH3 is 2. The molecule has 0 spiro atoms. The van der Waals surface area contributed by atoms with E-state index in [1.165, 1.54) is 25.3 Å². The molecule has 8 heteroatoms. The highest BCUT2D eigenvalue weighted by atomic mass is 16.6. The van der Waals surface area contributed by atoms with E-state index < -0.39 is 4.92 Å². The SMILES string of the molecule is COc1cc(C)c([C@@H](C)NC(=O)COc2ccc([N+](=O)[O-])c(OC)c2)cc1C(C)C. The van der Waals surface area contributed by atoms with Crippen molar-refractivity contribution in [3.05, 3.63) is 57.1 Å². The smallest absolute Gasteiger partial charge is 0.311 e. The standard InChI is InChI=1S/C22H28N2O6/c1-13(2)17-11-18(14(3)9-20(17)28-5)15(4)23-22(25)12-30-16-7-8-19(24(26)27)21(10-16)29-6/h7-11,13,15H,12H2,1-6H3,(H,23,25)/t15-/m1/s1. The number of ether oxygens (including phenoxy) is 3. The normalized spacial score (nSPS) is 11.7. The summed E-state index contributed by atoms with van der Waals surface area (Å²) in [4.78, 5) is 22.8. The zero-order valence-electron chi connectivity index (χ0n) is 18.1. The van der Waals surface area contributed by atoms with Crippen molar-refractivity contribution in [3.8, 4) is 17.2 Å². The fourth-order valence-electron chi connectivity index (χ4n) is 3.22. The maximum atomic E-state index is 12.4. The van der Waals surface area contributed by atoms with E-state index in [4.69, 9.17) is 14.2 Å². The largest absolute Gasteiger partial charge is 0.496 e. The number of aryl methyl sites for hydroxylation is 1. The molecule has 1 amide bonds. The number of nitro benzene ring substituents is 1. The number of nitrogens with zero attached hydrogens (tertiary/aromatic N) is 1. The third kappa shape index (κ3) is 5.40. The van der Waals surface area contributed by atoms with Crippen LogP contribution in [0.1, 0.15) is 49.4 Å². The van der Waals surface area contributed by atoms with Crippen LogP contribution in [0.4, 0.5) is 5.69 Å². The fourth-order valence-corrected chi connectivity index (χ4v) is 3.22. The molecule has 0 aliphatic rings. The summed E-state index contributed by atoms with van der Waals surface area (Å²) in [6, 6.07) is 7.91. The maximum Gasteiger partial charge on any atom is 0.311 e. The molecule has 1 atom stereocenters. The van der Waals surface area contributed by atoms with Gasteiger partial charge in [0.25, 0.3) is 5.91 Å². The van der Waals surface area contributed by atoms with E-state index >= 15 is 0 Å². The Morgan fingerprint density at radius 1 is 1.07 bits per heavy atom. The van der Waals surface area contributed by atoms with Gasteiger partial charge in [-0.05, 0) is 54.7 Å². The van der Waals surface area contributed by atoms with Gasteiger partial charge >= 0.3 is 5.69 Å². The molecule has 30 heavy (non-hydrogen) atoms. The first-order valence-electron chi connectivity index (χ1n) is 9.60. The number of rotatable bonds is 9. The molecule has 0 bridgehead atoms. The lowest BCUT2D eigenvalue weighted by Crippen LogP contribution is -2.31. The molecule has 2 aromatic carbocycles. The highest BCUT2D eigenvalue weighted by molar-refractivity contribution is 5.78. The lowest BCUT2D eigenvalue weighted by Gasteiger charge is -2.21. The van der Waals surface area contributed by atoms with Crippen LogP contribution in [0.15, 0.2) is 30.3 Å². The molecular weight excluding hydrogens is 388 g/mol. The van der Waals surface area contributed by atoms with Gasteiger partial charge in [-0.15, -0.1) is 0 Å². The van der Waals surface area contributed by atoms with E-state index in [0.29, 0.717) is 5.75 Å².